The summed E-state index contributed by atoms with van der Waals surface area (Å²) in [5, 5.41) is 21.7. The van der Waals surface area contributed by atoms with Crippen LogP contribution in [0, 0.1) is 20.2 Å². The SMILES string of the molecule is CC(=O)C(=Cc1ccccc1[N+](=O)[O-])C(=O)OCc1ccc([N+](=O)[O-])cc1. The van der Waals surface area contributed by atoms with Crippen molar-refractivity contribution in [2.75, 3.05) is 0 Å². The lowest BCUT2D eigenvalue weighted by Crippen LogP contribution is -2.13. The van der Waals surface area contributed by atoms with Crippen LogP contribution in [0.2, 0.25) is 0 Å². The average molecular weight is 370 g/mol. The fourth-order valence-corrected chi connectivity index (χ4v) is 2.18. The van der Waals surface area contributed by atoms with Crippen molar-refractivity contribution < 1.29 is 24.2 Å². The van der Waals surface area contributed by atoms with Gasteiger partial charge in [-0.1, -0.05) is 12.1 Å². The molecule has 0 saturated carbocycles. The molecular formula is C18H14N2O7. The second-order valence-electron chi connectivity index (χ2n) is 5.43. The zero-order valence-corrected chi connectivity index (χ0v) is 14.2. The Kier molecular flexibility index (Phi) is 6.10. The maximum atomic E-state index is 12.2. The van der Waals surface area contributed by atoms with Crippen molar-refractivity contribution in [1.29, 1.82) is 0 Å². The third kappa shape index (κ3) is 5.05. The van der Waals surface area contributed by atoms with Gasteiger partial charge in [-0.15, -0.1) is 0 Å². The minimum absolute atomic E-state index is 0.0972. The summed E-state index contributed by atoms with van der Waals surface area (Å²) in [6.45, 7) is 0.937. The van der Waals surface area contributed by atoms with Gasteiger partial charge < -0.3 is 4.74 Å². The molecular weight excluding hydrogens is 356 g/mol. The highest BCUT2D eigenvalue weighted by Gasteiger charge is 2.19. The van der Waals surface area contributed by atoms with E-state index in [1.165, 1.54) is 42.5 Å². The summed E-state index contributed by atoms with van der Waals surface area (Å²) in [4.78, 5) is 44.5. The van der Waals surface area contributed by atoms with Gasteiger partial charge in [0.05, 0.1) is 15.4 Å². The van der Waals surface area contributed by atoms with E-state index in [4.69, 9.17) is 4.74 Å². The fourth-order valence-electron chi connectivity index (χ4n) is 2.18. The molecule has 2 rings (SSSR count). The highest BCUT2D eigenvalue weighted by Crippen LogP contribution is 2.21. The van der Waals surface area contributed by atoms with E-state index in [0.717, 1.165) is 13.0 Å². The van der Waals surface area contributed by atoms with Crippen LogP contribution in [0.5, 0.6) is 0 Å². The van der Waals surface area contributed by atoms with Gasteiger partial charge in [-0.25, -0.2) is 4.79 Å². The van der Waals surface area contributed by atoms with Gasteiger partial charge in [-0.2, -0.15) is 0 Å². The average Bonchev–Trinajstić information content (AvgIpc) is 2.64. The number of nitro groups is 2. The highest BCUT2D eigenvalue weighted by atomic mass is 16.6. The number of benzene rings is 2. The molecule has 27 heavy (non-hydrogen) atoms. The standard InChI is InChI=1S/C18H14N2O7/c1-12(21)16(10-14-4-2-3-5-17(14)20(25)26)18(22)27-11-13-6-8-15(9-7-13)19(23)24/h2-10H,11H2,1H3. The summed E-state index contributed by atoms with van der Waals surface area (Å²) in [6, 6.07) is 11.0. The summed E-state index contributed by atoms with van der Waals surface area (Å²) in [5.41, 5.74) is -0.112. The van der Waals surface area contributed by atoms with Crippen molar-refractivity contribution in [1.82, 2.24) is 0 Å². The van der Waals surface area contributed by atoms with Gasteiger partial charge in [0.25, 0.3) is 11.4 Å². The van der Waals surface area contributed by atoms with E-state index in [9.17, 15) is 29.8 Å². The lowest BCUT2D eigenvalue weighted by Gasteiger charge is -2.07. The molecule has 9 nitrogen and oxygen atoms in total. The molecule has 0 spiro atoms. The van der Waals surface area contributed by atoms with Crippen LogP contribution in [0.1, 0.15) is 18.1 Å². The Morgan fingerprint density at radius 2 is 1.63 bits per heavy atom. The molecule has 0 aliphatic heterocycles. The number of esters is 1. The van der Waals surface area contributed by atoms with Crippen LogP contribution < -0.4 is 0 Å². The van der Waals surface area contributed by atoms with Gasteiger partial charge in [0.2, 0.25) is 0 Å². The molecule has 2 aromatic rings. The van der Waals surface area contributed by atoms with Crippen LogP contribution in [0.15, 0.2) is 54.1 Å². The third-order valence-corrected chi connectivity index (χ3v) is 3.55. The van der Waals surface area contributed by atoms with Gasteiger partial charge >= 0.3 is 5.97 Å². The zero-order chi connectivity index (χ0) is 20.0. The Hall–Kier alpha value is -3.88. The molecule has 0 heterocycles. The van der Waals surface area contributed by atoms with Gasteiger partial charge in [0, 0.05) is 18.2 Å². The molecule has 0 N–H and O–H groups in total. The van der Waals surface area contributed by atoms with Crippen molar-refractivity contribution in [3.8, 4) is 0 Å². The monoisotopic (exact) mass is 370 g/mol. The first-order chi connectivity index (χ1) is 12.8. The topological polar surface area (TPSA) is 130 Å². The number of hydrogen-bond donors (Lipinski definition) is 0. The molecule has 0 saturated heterocycles. The highest BCUT2D eigenvalue weighted by molar-refractivity contribution is 6.20. The van der Waals surface area contributed by atoms with Gasteiger partial charge in [0.1, 0.15) is 12.2 Å². The number of carbonyl (C=O) groups is 2. The molecule has 0 amide bonds. The molecule has 0 bridgehead atoms. The predicted molar refractivity (Wildman–Crippen MR) is 94.6 cm³/mol. The Morgan fingerprint density at radius 1 is 1.00 bits per heavy atom. The van der Waals surface area contributed by atoms with E-state index in [1.807, 2.05) is 0 Å². The summed E-state index contributed by atoms with van der Waals surface area (Å²) >= 11 is 0. The van der Waals surface area contributed by atoms with Crippen LogP contribution in [0.4, 0.5) is 11.4 Å². The van der Waals surface area contributed by atoms with Crippen molar-refractivity contribution in [3.63, 3.8) is 0 Å². The normalized spacial score (nSPS) is 10.9. The Labute approximate surface area is 153 Å². The van der Waals surface area contributed by atoms with Crippen molar-refractivity contribution >= 4 is 29.2 Å². The molecule has 0 aliphatic carbocycles. The number of rotatable bonds is 7. The number of nitro benzene ring substituents is 2. The number of non-ortho nitro benzene ring substituents is 1. The summed E-state index contributed by atoms with van der Waals surface area (Å²) < 4.78 is 5.06. The molecule has 138 valence electrons. The van der Waals surface area contributed by atoms with E-state index >= 15 is 0 Å². The van der Waals surface area contributed by atoms with Crippen LogP contribution in [-0.2, 0) is 20.9 Å². The summed E-state index contributed by atoms with van der Waals surface area (Å²) in [6.07, 6.45) is 1.11. The van der Waals surface area contributed by atoms with Crippen LogP contribution >= 0.6 is 0 Å². The van der Waals surface area contributed by atoms with E-state index in [-0.39, 0.29) is 29.1 Å². The Balaban J connectivity index is 2.19. The second kappa shape index (κ2) is 8.48. The minimum Gasteiger partial charge on any atom is -0.457 e. The molecule has 0 unspecified atom stereocenters. The molecule has 0 aromatic heterocycles. The molecule has 0 aliphatic rings. The first-order valence-electron chi connectivity index (χ1n) is 7.66. The Bertz CT molecular complexity index is 933. The largest absolute Gasteiger partial charge is 0.457 e. The van der Waals surface area contributed by atoms with Crippen molar-refractivity contribution in [3.05, 3.63) is 85.5 Å². The quantitative estimate of drug-likeness (QED) is 0.183. The number of ether oxygens (including phenoxy) is 1. The number of Topliss-reactive ketones (excluding diaryl/α,β-unsaturated/α-hetero) is 1. The number of carbonyl (C=O) groups excluding carboxylic acids is 2. The van der Waals surface area contributed by atoms with E-state index < -0.39 is 21.6 Å². The molecule has 2 aromatic carbocycles. The first-order valence-corrected chi connectivity index (χ1v) is 7.66. The maximum absolute atomic E-state index is 12.2. The number of hydrogen-bond acceptors (Lipinski definition) is 7. The molecule has 0 fully saturated rings. The minimum atomic E-state index is -0.945. The van der Waals surface area contributed by atoms with Gasteiger partial charge in [0.15, 0.2) is 5.78 Å². The predicted octanol–water partition coefficient (Wildman–Crippen LogP) is 3.22. The van der Waals surface area contributed by atoms with Gasteiger partial charge in [-0.3, -0.25) is 25.0 Å². The molecule has 0 radical (unpaired) electrons. The van der Waals surface area contributed by atoms with Crippen LogP contribution in [0.3, 0.4) is 0 Å². The fraction of sp³-hybridized carbons (Fsp3) is 0.111. The maximum Gasteiger partial charge on any atom is 0.342 e. The Morgan fingerprint density at radius 3 is 2.19 bits per heavy atom. The molecule has 0 atom stereocenters. The number of ketones is 1. The number of para-hydroxylation sites is 1. The lowest BCUT2D eigenvalue weighted by atomic mass is 10.1. The van der Waals surface area contributed by atoms with Crippen molar-refractivity contribution in [2.45, 2.75) is 13.5 Å². The van der Waals surface area contributed by atoms with Crippen LogP contribution in [-0.4, -0.2) is 21.6 Å². The first kappa shape index (κ1) is 19.4. The zero-order valence-electron chi connectivity index (χ0n) is 14.2. The lowest BCUT2D eigenvalue weighted by molar-refractivity contribution is -0.385. The second-order valence-corrected chi connectivity index (χ2v) is 5.43. The van der Waals surface area contributed by atoms with E-state index in [2.05, 4.69) is 0 Å². The van der Waals surface area contributed by atoms with E-state index in [0.29, 0.717) is 5.56 Å². The van der Waals surface area contributed by atoms with Crippen LogP contribution in [0.25, 0.3) is 6.08 Å². The van der Waals surface area contributed by atoms with E-state index in [1.54, 1.807) is 6.07 Å². The smallest absolute Gasteiger partial charge is 0.342 e. The van der Waals surface area contributed by atoms with Crippen molar-refractivity contribution in [2.24, 2.45) is 0 Å². The third-order valence-electron chi connectivity index (χ3n) is 3.55. The van der Waals surface area contributed by atoms with Gasteiger partial charge in [-0.05, 0) is 36.8 Å². The summed E-state index contributed by atoms with van der Waals surface area (Å²) in [5.74, 6) is -1.55. The summed E-state index contributed by atoms with van der Waals surface area (Å²) in [7, 11) is 0. The molecule has 9 heteroatoms. The number of nitrogens with zero attached hydrogens (tertiary/aromatic N) is 2.